The molecular formula is C13H20N2O3. The third-order valence-corrected chi connectivity index (χ3v) is 4.01. The molecule has 18 heavy (non-hydrogen) atoms. The molecule has 0 amide bonds. The number of hydrogen-bond acceptors (Lipinski definition) is 4. The Morgan fingerprint density at radius 2 is 2.28 bits per heavy atom. The van der Waals surface area contributed by atoms with Gasteiger partial charge in [0.1, 0.15) is 11.3 Å². The Bertz CT molecular complexity index is 436. The van der Waals surface area contributed by atoms with Crippen LogP contribution in [-0.4, -0.2) is 33.0 Å². The maximum absolute atomic E-state index is 11.5. The van der Waals surface area contributed by atoms with E-state index in [-0.39, 0.29) is 0 Å². The van der Waals surface area contributed by atoms with E-state index in [2.05, 4.69) is 4.98 Å². The van der Waals surface area contributed by atoms with Crippen molar-refractivity contribution in [2.45, 2.75) is 52.1 Å². The quantitative estimate of drug-likeness (QED) is 0.889. The zero-order valence-corrected chi connectivity index (χ0v) is 11.2. The van der Waals surface area contributed by atoms with Crippen LogP contribution in [0.25, 0.3) is 0 Å². The Morgan fingerprint density at radius 3 is 2.78 bits per heavy atom. The van der Waals surface area contributed by atoms with Crippen LogP contribution in [0.4, 0.5) is 0 Å². The number of oxazole rings is 1. The van der Waals surface area contributed by atoms with Crippen LogP contribution in [-0.2, 0) is 11.3 Å². The number of nitrogens with zero attached hydrogens (tertiary/aromatic N) is 2. The molecule has 100 valence electrons. The molecule has 5 heteroatoms. The summed E-state index contributed by atoms with van der Waals surface area (Å²) >= 11 is 0. The SMILES string of the molecule is CCC1(C(=O)O)CCCN1Cc1nc(C)c(C)o1. The van der Waals surface area contributed by atoms with Gasteiger partial charge in [-0.1, -0.05) is 6.92 Å². The molecule has 0 saturated carbocycles. The van der Waals surface area contributed by atoms with E-state index in [0.29, 0.717) is 25.3 Å². The van der Waals surface area contributed by atoms with Gasteiger partial charge in [0.2, 0.25) is 5.89 Å². The minimum absolute atomic E-state index is 0.481. The average Bonchev–Trinajstić information content (AvgIpc) is 2.85. The Labute approximate surface area is 107 Å². The molecule has 1 fully saturated rings. The molecule has 0 aromatic carbocycles. The Balaban J connectivity index is 2.19. The highest BCUT2D eigenvalue weighted by Crippen LogP contribution is 2.34. The van der Waals surface area contributed by atoms with Crippen molar-refractivity contribution in [2.24, 2.45) is 0 Å². The number of aromatic nitrogens is 1. The summed E-state index contributed by atoms with van der Waals surface area (Å²) in [5.41, 5.74) is 0.137. The topological polar surface area (TPSA) is 66.6 Å². The van der Waals surface area contributed by atoms with Crippen molar-refractivity contribution in [1.82, 2.24) is 9.88 Å². The first kappa shape index (κ1) is 13.1. The summed E-state index contributed by atoms with van der Waals surface area (Å²) in [5, 5.41) is 9.48. The number of hydrogen-bond donors (Lipinski definition) is 1. The second kappa shape index (κ2) is 4.72. The van der Waals surface area contributed by atoms with Crippen molar-refractivity contribution in [3.05, 3.63) is 17.3 Å². The first-order valence-corrected chi connectivity index (χ1v) is 6.41. The van der Waals surface area contributed by atoms with Crippen molar-refractivity contribution >= 4 is 5.97 Å². The number of aryl methyl sites for hydroxylation is 2. The second-order valence-corrected chi connectivity index (χ2v) is 4.96. The molecule has 5 nitrogen and oxygen atoms in total. The summed E-state index contributed by atoms with van der Waals surface area (Å²) in [6.45, 7) is 6.98. The smallest absolute Gasteiger partial charge is 0.324 e. The van der Waals surface area contributed by atoms with Gasteiger partial charge in [-0.2, -0.15) is 0 Å². The molecule has 2 heterocycles. The van der Waals surface area contributed by atoms with Crippen LogP contribution in [0.15, 0.2) is 4.42 Å². The molecule has 1 aromatic heterocycles. The maximum Gasteiger partial charge on any atom is 0.324 e. The standard InChI is InChI=1S/C13H20N2O3/c1-4-13(12(16)17)6-5-7-15(13)8-11-14-9(2)10(3)18-11/h4-8H2,1-3H3,(H,16,17). The molecule has 0 spiro atoms. The number of carboxylic acid groups (broad SMARTS) is 1. The lowest BCUT2D eigenvalue weighted by molar-refractivity contribution is -0.150. The number of aliphatic carboxylic acids is 1. The van der Waals surface area contributed by atoms with Gasteiger partial charge in [0, 0.05) is 0 Å². The van der Waals surface area contributed by atoms with Crippen molar-refractivity contribution in [1.29, 1.82) is 0 Å². The van der Waals surface area contributed by atoms with E-state index in [1.165, 1.54) is 0 Å². The minimum Gasteiger partial charge on any atom is -0.480 e. The van der Waals surface area contributed by atoms with E-state index in [4.69, 9.17) is 4.42 Å². The monoisotopic (exact) mass is 252 g/mol. The van der Waals surface area contributed by atoms with Gasteiger partial charge < -0.3 is 9.52 Å². The van der Waals surface area contributed by atoms with Gasteiger partial charge in [-0.15, -0.1) is 0 Å². The van der Waals surface area contributed by atoms with E-state index in [1.807, 2.05) is 25.7 Å². The largest absolute Gasteiger partial charge is 0.480 e. The van der Waals surface area contributed by atoms with E-state index >= 15 is 0 Å². The summed E-state index contributed by atoms with van der Waals surface area (Å²) in [6.07, 6.45) is 2.23. The fraction of sp³-hybridized carbons (Fsp3) is 0.692. The van der Waals surface area contributed by atoms with Crippen LogP contribution in [0.5, 0.6) is 0 Å². The molecule has 1 aromatic rings. The zero-order chi connectivity index (χ0) is 13.3. The van der Waals surface area contributed by atoms with Crippen molar-refractivity contribution < 1.29 is 14.3 Å². The van der Waals surface area contributed by atoms with Crippen LogP contribution in [0, 0.1) is 13.8 Å². The van der Waals surface area contributed by atoms with Gasteiger partial charge in [0.25, 0.3) is 0 Å². The summed E-state index contributed by atoms with van der Waals surface area (Å²) in [5.74, 6) is 0.690. The number of rotatable bonds is 4. The first-order chi connectivity index (χ1) is 8.49. The number of carbonyl (C=O) groups is 1. The van der Waals surface area contributed by atoms with Gasteiger partial charge in [-0.25, -0.2) is 4.98 Å². The van der Waals surface area contributed by atoms with Crippen LogP contribution in [0.2, 0.25) is 0 Å². The molecule has 1 aliphatic heterocycles. The summed E-state index contributed by atoms with van der Waals surface area (Å²) in [6, 6.07) is 0. The van der Waals surface area contributed by atoms with Crippen LogP contribution < -0.4 is 0 Å². The normalized spacial score (nSPS) is 24.6. The molecule has 1 atom stereocenters. The molecular weight excluding hydrogens is 232 g/mol. The van der Waals surface area contributed by atoms with Gasteiger partial charge in [0.05, 0.1) is 12.2 Å². The van der Waals surface area contributed by atoms with Gasteiger partial charge in [-0.3, -0.25) is 9.69 Å². The summed E-state index contributed by atoms with van der Waals surface area (Å²) in [7, 11) is 0. The average molecular weight is 252 g/mol. The first-order valence-electron chi connectivity index (χ1n) is 6.41. The van der Waals surface area contributed by atoms with Crippen LogP contribution in [0.1, 0.15) is 43.5 Å². The predicted molar refractivity (Wildman–Crippen MR) is 66.3 cm³/mol. The van der Waals surface area contributed by atoms with Crippen molar-refractivity contribution in [3.63, 3.8) is 0 Å². The number of likely N-dealkylation sites (tertiary alicyclic amines) is 1. The lowest BCUT2D eigenvalue weighted by Gasteiger charge is -2.32. The molecule has 1 N–H and O–H groups in total. The Morgan fingerprint density at radius 1 is 1.56 bits per heavy atom. The summed E-state index contributed by atoms with van der Waals surface area (Å²) in [4.78, 5) is 17.9. The molecule has 2 rings (SSSR count). The van der Waals surface area contributed by atoms with E-state index in [9.17, 15) is 9.90 Å². The van der Waals surface area contributed by atoms with E-state index in [0.717, 1.165) is 24.4 Å². The van der Waals surface area contributed by atoms with Gasteiger partial charge >= 0.3 is 5.97 Å². The fourth-order valence-corrected chi connectivity index (χ4v) is 2.73. The third kappa shape index (κ3) is 2.03. The third-order valence-electron chi connectivity index (χ3n) is 4.01. The van der Waals surface area contributed by atoms with Gasteiger partial charge in [0.15, 0.2) is 0 Å². The lowest BCUT2D eigenvalue weighted by atomic mass is 9.93. The Kier molecular flexibility index (Phi) is 3.43. The lowest BCUT2D eigenvalue weighted by Crippen LogP contribution is -2.49. The molecule has 1 aliphatic rings. The van der Waals surface area contributed by atoms with Gasteiger partial charge in [-0.05, 0) is 39.7 Å². The van der Waals surface area contributed by atoms with E-state index < -0.39 is 11.5 Å². The highest BCUT2D eigenvalue weighted by Gasteiger charge is 2.46. The fourth-order valence-electron chi connectivity index (χ4n) is 2.73. The Hall–Kier alpha value is -1.36. The summed E-state index contributed by atoms with van der Waals surface area (Å²) < 4.78 is 5.55. The van der Waals surface area contributed by atoms with Crippen LogP contribution >= 0.6 is 0 Å². The molecule has 0 aliphatic carbocycles. The highest BCUT2D eigenvalue weighted by molar-refractivity contribution is 5.79. The predicted octanol–water partition coefficient (Wildman–Crippen LogP) is 2.12. The molecule has 1 unspecified atom stereocenters. The second-order valence-electron chi connectivity index (χ2n) is 4.96. The van der Waals surface area contributed by atoms with Crippen molar-refractivity contribution in [2.75, 3.05) is 6.54 Å². The highest BCUT2D eigenvalue weighted by atomic mass is 16.4. The molecule has 0 radical (unpaired) electrons. The minimum atomic E-state index is -0.740. The molecule has 0 bridgehead atoms. The van der Waals surface area contributed by atoms with Crippen molar-refractivity contribution in [3.8, 4) is 0 Å². The van der Waals surface area contributed by atoms with E-state index in [1.54, 1.807) is 0 Å². The number of carboxylic acids is 1. The zero-order valence-electron chi connectivity index (χ0n) is 11.2. The molecule has 1 saturated heterocycles. The van der Waals surface area contributed by atoms with Crippen LogP contribution in [0.3, 0.4) is 0 Å². The maximum atomic E-state index is 11.5.